The quantitative estimate of drug-likeness (QED) is 0.310. The van der Waals surface area contributed by atoms with Gasteiger partial charge in [0.15, 0.2) is 0 Å². The molecule has 1 aliphatic rings. The Balaban J connectivity index is 1.63. The molecule has 1 aromatic heterocycles. The molecule has 1 aliphatic carbocycles. The number of para-hydroxylation sites is 1. The van der Waals surface area contributed by atoms with Crippen molar-refractivity contribution < 1.29 is 14.6 Å². The third kappa shape index (κ3) is 7.42. The highest BCUT2D eigenvalue weighted by Gasteiger charge is 2.28. The van der Waals surface area contributed by atoms with E-state index in [2.05, 4.69) is 56.9 Å². The zero-order valence-electron chi connectivity index (χ0n) is 22.2. The maximum absolute atomic E-state index is 10.8. The highest BCUT2D eigenvalue weighted by molar-refractivity contribution is 5.44. The number of aryl methyl sites for hydroxylation is 2. The molecule has 1 heterocycles. The van der Waals surface area contributed by atoms with E-state index in [1.807, 2.05) is 35.0 Å². The van der Waals surface area contributed by atoms with E-state index in [0.717, 1.165) is 41.5 Å². The Morgan fingerprint density at radius 2 is 1.78 bits per heavy atom. The van der Waals surface area contributed by atoms with E-state index in [1.165, 1.54) is 18.4 Å². The average molecular weight is 492 g/mol. The smallest absolute Gasteiger partial charge is 0.227 e. The van der Waals surface area contributed by atoms with Crippen molar-refractivity contribution in [3.05, 3.63) is 71.4 Å². The first-order valence-electron chi connectivity index (χ1n) is 13.3. The molecule has 3 aromatic rings. The second kappa shape index (κ2) is 12.5. The van der Waals surface area contributed by atoms with Crippen molar-refractivity contribution >= 4 is 0 Å². The van der Waals surface area contributed by atoms with Crippen molar-refractivity contribution in [2.75, 3.05) is 26.3 Å². The lowest BCUT2D eigenvalue weighted by Gasteiger charge is -2.26. The Kier molecular flexibility index (Phi) is 9.19. The number of aliphatic hydroxyl groups excluding tert-OH is 1. The lowest BCUT2D eigenvalue weighted by Crippen LogP contribution is -2.36. The van der Waals surface area contributed by atoms with E-state index in [4.69, 9.17) is 14.6 Å². The summed E-state index contributed by atoms with van der Waals surface area (Å²) in [4.78, 5) is 2.36. The number of hydrogen-bond acceptors (Lipinski definition) is 5. The predicted octanol–water partition coefficient (Wildman–Crippen LogP) is 5.78. The van der Waals surface area contributed by atoms with E-state index in [1.54, 1.807) is 0 Å². The normalized spacial score (nSPS) is 14.5. The molecule has 0 radical (unpaired) electrons. The summed E-state index contributed by atoms with van der Waals surface area (Å²) in [5.74, 6) is 2.69. The number of hydrogen-bond donors (Lipinski definition) is 1. The number of ether oxygens (including phenoxy) is 2. The molecule has 1 N–H and O–H groups in total. The molecule has 4 rings (SSSR count). The number of aromatic nitrogens is 2. The predicted molar refractivity (Wildman–Crippen MR) is 144 cm³/mol. The molecular formula is C30H41N3O3. The molecule has 6 heteroatoms. The third-order valence-corrected chi connectivity index (χ3v) is 6.42. The van der Waals surface area contributed by atoms with E-state index in [9.17, 15) is 5.11 Å². The van der Waals surface area contributed by atoms with Gasteiger partial charge in [0.25, 0.3) is 0 Å². The van der Waals surface area contributed by atoms with E-state index >= 15 is 0 Å². The van der Waals surface area contributed by atoms with Crippen LogP contribution in [0.15, 0.2) is 54.6 Å². The zero-order valence-corrected chi connectivity index (χ0v) is 22.2. The molecule has 0 unspecified atom stereocenters. The maximum atomic E-state index is 10.8. The van der Waals surface area contributed by atoms with Crippen molar-refractivity contribution in [2.24, 2.45) is 11.8 Å². The molecule has 0 bridgehead atoms. The van der Waals surface area contributed by atoms with E-state index in [-0.39, 0.29) is 0 Å². The van der Waals surface area contributed by atoms with Gasteiger partial charge < -0.3 is 14.6 Å². The Morgan fingerprint density at radius 1 is 1.06 bits per heavy atom. The van der Waals surface area contributed by atoms with Crippen LogP contribution in [-0.4, -0.2) is 52.2 Å². The fourth-order valence-electron chi connectivity index (χ4n) is 4.37. The molecule has 0 saturated heterocycles. The fourth-order valence-corrected chi connectivity index (χ4v) is 4.37. The number of rotatable bonds is 14. The van der Waals surface area contributed by atoms with Crippen LogP contribution in [0.3, 0.4) is 0 Å². The van der Waals surface area contributed by atoms with Gasteiger partial charge in [0.05, 0.1) is 29.7 Å². The van der Waals surface area contributed by atoms with Crippen LogP contribution in [-0.2, 0) is 17.7 Å². The summed E-state index contributed by atoms with van der Waals surface area (Å²) in [6.45, 7) is 11.7. The van der Waals surface area contributed by atoms with Gasteiger partial charge in [-0.05, 0) is 62.3 Å². The molecule has 0 spiro atoms. The van der Waals surface area contributed by atoms with Crippen LogP contribution in [0.1, 0.15) is 50.4 Å². The summed E-state index contributed by atoms with van der Waals surface area (Å²) in [5, 5.41) is 15.8. The van der Waals surface area contributed by atoms with Gasteiger partial charge in [-0.15, -0.1) is 0 Å². The second-order valence-corrected chi connectivity index (χ2v) is 10.5. The van der Waals surface area contributed by atoms with Gasteiger partial charge in [-0.1, -0.05) is 56.7 Å². The Morgan fingerprint density at radius 3 is 2.42 bits per heavy atom. The van der Waals surface area contributed by atoms with Crippen molar-refractivity contribution in [1.29, 1.82) is 0 Å². The van der Waals surface area contributed by atoms with Crippen molar-refractivity contribution in [2.45, 2.75) is 59.6 Å². The largest absolute Gasteiger partial charge is 0.439 e. The van der Waals surface area contributed by atoms with Crippen LogP contribution in [0, 0.1) is 18.8 Å². The van der Waals surface area contributed by atoms with Crippen molar-refractivity contribution in [1.82, 2.24) is 14.7 Å². The highest BCUT2D eigenvalue weighted by Crippen LogP contribution is 2.34. The minimum atomic E-state index is -0.529. The summed E-state index contributed by atoms with van der Waals surface area (Å²) in [6, 6.07) is 18.3. The molecule has 1 atom stereocenters. The third-order valence-electron chi connectivity index (χ3n) is 6.42. The molecule has 0 amide bonds. The van der Waals surface area contributed by atoms with Crippen molar-refractivity contribution in [3.8, 4) is 17.3 Å². The van der Waals surface area contributed by atoms with Crippen LogP contribution in [0.5, 0.6) is 11.6 Å². The van der Waals surface area contributed by atoms with Gasteiger partial charge in [-0.2, -0.15) is 5.10 Å². The lowest BCUT2D eigenvalue weighted by molar-refractivity contribution is 0.00608. The molecular weight excluding hydrogens is 450 g/mol. The number of nitrogens with zero attached hydrogens (tertiary/aromatic N) is 3. The molecule has 36 heavy (non-hydrogen) atoms. The fraction of sp³-hybridized carbons (Fsp3) is 0.500. The summed E-state index contributed by atoms with van der Waals surface area (Å²) in [7, 11) is 0. The van der Waals surface area contributed by atoms with E-state index in [0.29, 0.717) is 38.1 Å². The zero-order chi connectivity index (χ0) is 25.5. The Hall–Kier alpha value is -2.67. The SMILES string of the molecule is CCc1nn(-c2ccccc2)c(Oc2ccc(C)cc2)c1CN(CC1CC1)C[C@@H](O)COCC(C)C. The van der Waals surface area contributed by atoms with Crippen LogP contribution >= 0.6 is 0 Å². The standard InChI is InChI=1S/C30H41N3O3/c1-5-29-28(19-32(17-24-13-14-24)18-26(34)21-35-20-22(2)3)30(36-27-15-11-23(4)12-16-27)33(31-29)25-9-7-6-8-10-25/h6-12,15-16,22,24,26,34H,5,13-14,17-21H2,1-4H3/t26-/m1/s1. The summed E-state index contributed by atoms with van der Waals surface area (Å²) < 4.78 is 14.2. The first-order chi connectivity index (χ1) is 17.4. The van der Waals surface area contributed by atoms with Gasteiger partial charge in [-0.25, -0.2) is 4.68 Å². The van der Waals surface area contributed by atoms with Crippen LogP contribution in [0.25, 0.3) is 5.69 Å². The lowest BCUT2D eigenvalue weighted by atomic mass is 10.1. The first-order valence-corrected chi connectivity index (χ1v) is 13.3. The molecule has 2 aromatic carbocycles. The Labute approximate surface area is 215 Å². The molecule has 194 valence electrons. The topological polar surface area (TPSA) is 59.8 Å². The summed E-state index contributed by atoms with van der Waals surface area (Å²) in [6.07, 6.45) is 2.79. The second-order valence-electron chi connectivity index (χ2n) is 10.5. The molecule has 1 fully saturated rings. The van der Waals surface area contributed by atoms with Crippen LogP contribution in [0.2, 0.25) is 0 Å². The van der Waals surface area contributed by atoms with Gasteiger partial charge >= 0.3 is 0 Å². The van der Waals surface area contributed by atoms with Gasteiger partial charge in [0.2, 0.25) is 5.88 Å². The summed E-state index contributed by atoms with van der Waals surface area (Å²) in [5.41, 5.74) is 4.26. The molecule has 1 saturated carbocycles. The molecule has 0 aliphatic heterocycles. The van der Waals surface area contributed by atoms with Crippen LogP contribution < -0.4 is 4.74 Å². The van der Waals surface area contributed by atoms with Gasteiger partial charge in [0, 0.05) is 26.2 Å². The Bertz CT molecular complexity index is 1070. The van der Waals surface area contributed by atoms with Gasteiger partial charge in [0.1, 0.15) is 5.75 Å². The minimum absolute atomic E-state index is 0.357. The van der Waals surface area contributed by atoms with Crippen molar-refractivity contribution in [3.63, 3.8) is 0 Å². The maximum Gasteiger partial charge on any atom is 0.227 e. The van der Waals surface area contributed by atoms with E-state index < -0.39 is 6.10 Å². The highest BCUT2D eigenvalue weighted by atomic mass is 16.5. The monoisotopic (exact) mass is 491 g/mol. The number of benzene rings is 2. The number of aliphatic hydroxyl groups is 1. The first kappa shape index (κ1) is 26.4. The van der Waals surface area contributed by atoms with Crippen LogP contribution in [0.4, 0.5) is 0 Å². The summed E-state index contributed by atoms with van der Waals surface area (Å²) >= 11 is 0. The van der Waals surface area contributed by atoms with Gasteiger partial charge in [-0.3, -0.25) is 4.90 Å². The molecule has 6 nitrogen and oxygen atoms in total. The average Bonchev–Trinajstić information content (AvgIpc) is 3.61. The minimum Gasteiger partial charge on any atom is -0.439 e.